The second-order valence-electron chi connectivity index (χ2n) is 6.25. The molecule has 0 saturated carbocycles. The molecule has 6 nitrogen and oxygen atoms in total. The van der Waals surface area contributed by atoms with E-state index < -0.39 is 0 Å². The molecule has 0 spiro atoms. The van der Waals surface area contributed by atoms with Gasteiger partial charge in [-0.2, -0.15) is 0 Å². The summed E-state index contributed by atoms with van der Waals surface area (Å²) in [5.41, 5.74) is 7.53. The number of nitrogen functional groups attached to an aromatic ring is 1. The van der Waals surface area contributed by atoms with Crippen molar-refractivity contribution < 1.29 is 22.0 Å². The summed E-state index contributed by atoms with van der Waals surface area (Å²) in [7, 11) is 0. The molecule has 4 bridgehead atoms. The van der Waals surface area contributed by atoms with Crippen molar-refractivity contribution in [2.75, 3.05) is 45.7 Å². The number of phenolic OH excluding ortho intramolecular Hbond substituents is 1. The highest BCUT2D eigenvalue weighted by Crippen LogP contribution is 2.33. The summed E-state index contributed by atoms with van der Waals surface area (Å²) in [4.78, 5) is 7.42. The van der Waals surface area contributed by atoms with Gasteiger partial charge in [-0.1, -0.05) is 0 Å². The molecule has 0 unspecified atom stereocenters. The Labute approximate surface area is 125 Å². The van der Waals surface area contributed by atoms with Crippen molar-refractivity contribution in [3.8, 4) is 5.75 Å². The topological polar surface area (TPSA) is 56.0 Å². The van der Waals surface area contributed by atoms with Crippen molar-refractivity contribution in [2.45, 2.75) is 6.54 Å². The molecule has 0 amide bonds. The molecule has 110 valence electrons. The van der Waals surface area contributed by atoms with E-state index in [2.05, 4.69) is 14.7 Å². The molecule has 5 rings (SSSR count). The number of hydrogen-bond donors (Lipinski definition) is 2. The lowest BCUT2D eigenvalue weighted by Crippen LogP contribution is -3.00. The number of quaternary nitrogens is 1. The fraction of sp³-hybridized carbons (Fsp3) is 0.538. The highest BCUT2D eigenvalue weighted by atomic mass is 35.5. The van der Waals surface area contributed by atoms with Crippen LogP contribution in [0, 0.1) is 0 Å². The van der Waals surface area contributed by atoms with Crippen molar-refractivity contribution in [3.63, 3.8) is 0 Å². The van der Waals surface area contributed by atoms with Gasteiger partial charge >= 0.3 is 0 Å². The van der Waals surface area contributed by atoms with E-state index in [1.54, 1.807) is 12.1 Å². The minimum absolute atomic E-state index is 0. The van der Waals surface area contributed by atoms with Gasteiger partial charge in [0.1, 0.15) is 32.3 Å². The first-order valence-electron chi connectivity index (χ1n) is 6.71. The third kappa shape index (κ3) is 2.23. The van der Waals surface area contributed by atoms with Gasteiger partial charge in [-0.25, -0.2) is 14.7 Å². The lowest BCUT2D eigenvalue weighted by Gasteiger charge is -2.60. The zero-order chi connectivity index (χ0) is 13.0. The van der Waals surface area contributed by atoms with E-state index in [0.717, 1.165) is 62.3 Å². The molecular weight excluding hydrogens is 278 g/mol. The van der Waals surface area contributed by atoms with Gasteiger partial charge in [0.2, 0.25) is 0 Å². The Bertz CT molecular complexity index is 488. The molecular formula is C13H20ClN5O. The standard InChI is InChI=1S/C13H19N5O.ClH/c14-12-1-2-13(19)11(3-12)4-18-8-15-5-16(9-18)7-17(6-15)10-18;/h1-3H,4-10,14H2;1H. The van der Waals surface area contributed by atoms with Crippen LogP contribution in [0.1, 0.15) is 5.56 Å². The van der Waals surface area contributed by atoms with Crippen LogP contribution in [0.3, 0.4) is 0 Å². The van der Waals surface area contributed by atoms with Crippen LogP contribution in [0.5, 0.6) is 5.75 Å². The maximum atomic E-state index is 10.0. The van der Waals surface area contributed by atoms with Crippen molar-refractivity contribution in [2.24, 2.45) is 0 Å². The van der Waals surface area contributed by atoms with Crippen LogP contribution in [-0.2, 0) is 6.54 Å². The summed E-state index contributed by atoms with van der Waals surface area (Å²) in [6.45, 7) is 7.31. The Kier molecular flexibility index (Phi) is 3.30. The van der Waals surface area contributed by atoms with E-state index in [-0.39, 0.29) is 12.4 Å². The number of rotatable bonds is 2. The smallest absolute Gasteiger partial charge is 0.139 e. The van der Waals surface area contributed by atoms with Crippen LogP contribution in [0.25, 0.3) is 0 Å². The second kappa shape index (κ2) is 4.75. The average molecular weight is 298 g/mol. The predicted molar refractivity (Wildman–Crippen MR) is 71.2 cm³/mol. The first-order chi connectivity index (χ1) is 9.12. The van der Waals surface area contributed by atoms with Gasteiger partial charge in [0.15, 0.2) is 0 Å². The van der Waals surface area contributed by atoms with Gasteiger partial charge in [0.05, 0.1) is 25.6 Å². The fourth-order valence-corrected chi connectivity index (χ4v) is 3.90. The summed E-state index contributed by atoms with van der Waals surface area (Å²) in [6.07, 6.45) is 0. The molecule has 0 radical (unpaired) electrons. The number of nitrogens with zero attached hydrogens (tertiary/aromatic N) is 4. The SMILES string of the molecule is Nc1ccc(O)c(C[N+]23CN4CN(CN(C4)C2)C3)c1.[Cl-]. The molecule has 4 saturated heterocycles. The number of anilines is 1. The van der Waals surface area contributed by atoms with Crippen molar-refractivity contribution >= 4 is 5.69 Å². The lowest BCUT2D eigenvalue weighted by atomic mass is 10.1. The lowest BCUT2D eigenvalue weighted by molar-refractivity contribution is -0.991. The van der Waals surface area contributed by atoms with Gasteiger partial charge in [-0.3, -0.25) is 4.48 Å². The van der Waals surface area contributed by atoms with Crippen molar-refractivity contribution in [3.05, 3.63) is 23.8 Å². The Morgan fingerprint density at radius 1 is 1.05 bits per heavy atom. The van der Waals surface area contributed by atoms with Crippen LogP contribution in [0.4, 0.5) is 5.69 Å². The third-order valence-electron chi connectivity index (χ3n) is 4.31. The second-order valence-corrected chi connectivity index (χ2v) is 6.25. The first kappa shape index (κ1) is 13.9. The molecule has 7 heteroatoms. The van der Waals surface area contributed by atoms with Gasteiger partial charge in [0.25, 0.3) is 0 Å². The zero-order valence-electron chi connectivity index (χ0n) is 11.4. The van der Waals surface area contributed by atoms with Gasteiger partial charge in [0, 0.05) is 5.69 Å². The average Bonchev–Trinajstić information content (AvgIpc) is 2.31. The van der Waals surface area contributed by atoms with Crippen LogP contribution in [0.15, 0.2) is 18.2 Å². The number of halogens is 1. The number of nitrogens with two attached hydrogens (primary N) is 1. The molecule has 0 atom stereocenters. The minimum Gasteiger partial charge on any atom is -1.00 e. The Morgan fingerprint density at radius 2 is 1.60 bits per heavy atom. The summed E-state index contributed by atoms with van der Waals surface area (Å²) in [5, 5.41) is 10.0. The minimum atomic E-state index is 0. The largest absolute Gasteiger partial charge is 1.00 e. The van der Waals surface area contributed by atoms with Crippen LogP contribution < -0.4 is 18.1 Å². The van der Waals surface area contributed by atoms with Crippen LogP contribution in [0.2, 0.25) is 0 Å². The Morgan fingerprint density at radius 3 is 2.15 bits per heavy atom. The van der Waals surface area contributed by atoms with Crippen LogP contribution in [-0.4, -0.2) is 64.3 Å². The quantitative estimate of drug-likeness (QED) is 0.346. The zero-order valence-corrected chi connectivity index (χ0v) is 12.1. The van der Waals surface area contributed by atoms with Crippen molar-refractivity contribution in [1.29, 1.82) is 0 Å². The molecule has 1 aromatic carbocycles. The van der Waals surface area contributed by atoms with Gasteiger partial charge in [-0.15, -0.1) is 0 Å². The molecule has 0 aromatic heterocycles. The molecule has 4 heterocycles. The number of aromatic hydroxyl groups is 1. The third-order valence-corrected chi connectivity index (χ3v) is 4.31. The van der Waals surface area contributed by atoms with E-state index in [9.17, 15) is 5.11 Å². The summed E-state index contributed by atoms with van der Waals surface area (Å²) in [5.74, 6) is 0.364. The predicted octanol–water partition coefficient (Wildman–Crippen LogP) is -3.01. The molecule has 4 aliphatic heterocycles. The van der Waals surface area contributed by atoms with E-state index in [1.807, 2.05) is 6.07 Å². The number of phenols is 1. The van der Waals surface area contributed by atoms with E-state index in [1.165, 1.54) is 0 Å². The molecule has 0 aliphatic carbocycles. The maximum Gasteiger partial charge on any atom is 0.139 e. The summed E-state index contributed by atoms with van der Waals surface area (Å²) < 4.78 is 0.983. The molecule has 3 N–H and O–H groups in total. The molecule has 1 aromatic rings. The van der Waals surface area contributed by atoms with Gasteiger partial charge in [-0.05, 0) is 18.2 Å². The monoisotopic (exact) mass is 297 g/mol. The Balaban J connectivity index is 0.00000121. The fourth-order valence-electron chi connectivity index (χ4n) is 3.90. The van der Waals surface area contributed by atoms with E-state index in [0.29, 0.717) is 5.75 Å². The molecule has 4 fully saturated rings. The summed E-state index contributed by atoms with van der Waals surface area (Å²) in [6, 6.07) is 5.37. The first-order valence-corrected chi connectivity index (χ1v) is 6.71. The van der Waals surface area contributed by atoms with Gasteiger partial charge < -0.3 is 23.2 Å². The Hall–Kier alpha value is -1.05. The highest BCUT2D eigenvalue weighted by Gasteiger charge is 2.48. The summed E-state index contributed by atoms with van der Waals surface area (Å²) >= 11 is 0. The van der Waals surface area contributed by atoms with E-state index >= 15 is 0 Å². The molecule has 4 aliphatic rings. The number of hydrogen-bond acceptors (Lipinski definition) is 5. The number of benzene rings is 1. The normalized spacial score (nSPS) is 37.7. The molecule has 20 heavy (non-hydrogen) atoms. The van der Waals surface area contributed by atoms with Crippen LogP contribution >= 0.6 is 0 Å². The highest BCUT2D eigenvalue weighted by molar-refractivity contribution is 5.46. The maximum absolute atomic E-state index is 10.0. The van der Waals surface area contributed by atoms with Crippen molar-refractivity contribution in [1.82, 2.24) is 14.7 Å². The van der Waals surface area contributed by atoms with E-state index in [4.69, 9.17) is 5.73 Å².